The molecule has 1 aromatic rings. The van der Waals surface area contributed by atoms with E-state index in [9.17, 15) is 13.2 Å². The van der Waals surface area contributed by atoms with Crippen LogP contribution in [0.3, 0.4) is 0 Å². The maximum Gasteiger partial charge on any atom is 0.416 e. The number of halogens is 3. The predicted molar refractivity (Wildman–Crippen MR) is 62.1 cm³/mol. The molecule has 18 heavy (non-hydrogen) atoms. The third kappa shape index (κ3) is 2.67. The van der Waals surface area contributed by atoms with E-state index in [1.165, 1.54) is 12.1 Å². The topological polar surface area (TPSA) is 35.2 Å². The fraction of sp³-hybridized carbons (Fsp3) is 0.538. The molecule has 0 bridgehead atoms. The molecule has 0 aromatic heterocycles. The maximum absolute atomic E-state index is 12.6. The Morgan fingerprint density at radius 1 is 1.44 bits per heavy atom. The fourth-order valence-corrected chi connectivity index (χ4v) is 2.26. The zero-order valence-electron chi connectivity index (χ0n) is 10.1. The van der Waals surface area contributed by atoms with Crippen LogP contribution in [0.1, 0.15) is 24.5 Å². The third-order valence-corrected chi connectivity index (χ3v) is 3.53. The van der Waals surface area contributed by atoms with Gasteiger partial charge in [0.25, 0.3) is 0 Å². The van der Waals surface area contributed by atoms with Crippen LogP contribution in [0.2, 0.25) is 0 Å². The molecule has 2 nitrogen and oxygen atoms in total. The predicted octanol–water partition coefficient (Wildman–Crippen LogP) is 2.75. The van der Waals surface area contributed by atoms with Gasteiger partial charge >= 0.3 is 6.18 Å². The quantitative estimate of drug-likeness (QED) is 0.886. The van der Waals surface area contributed by atoms with E-state index < -0.39 is 17.3 Å². The number of hydrogen-bond donors (Lipinski definition) is 1. The van der Waals surface area contributed by atoms with E-state index in [1.54, 1.807) is 6.07 Å². The Kier molecular flexibility index (Phi) is 3.38. The first-order valence-corrected chi connectivity index (χ1v) is 5.88. The van der Waals surface area contributed by atoms with Crippen molar-refractivity contribution in [1.82, 2.24) is 0 Å². The van der Waals surface area contributed by atoms with E-state index in [1.807, 2.05) is 6.92 Å². The van der Waals surface area contributed by atoms with Gasteiger partial charge in [0.1, 0.15) is 0 Å². The number of ether oxygens (including phenoxy) is 1. The molecule has 1 fully saturated rings. The lowest BCUT2D eigenvalue weighted by molar-refractivity contribution is -0.137. The molecule has 1 aliphatic heterocycles. The first-order valence-electron chi connectivity index (χ1n) is 5.88. The standard InChI is InChI=1S/C13H16F3NO/c1-9-12(17,5-6-18-9)8-10-3-2-4-11(7-10)13(14,15)16/h2-4,7,9H,5-6,8,17H2,1H3. The third-order valence-electron chi connectivity index (χ3n) is 3.53. The number of nitrogens with two attached hydrogens (primary N) is 1. The minimum absolute atomic E-state index is 0.132. The number of benzene rings is 1. The molecule has 1 saturated heterocycles. The fourth-order valence-electron chi connectivity index (χ4n) is 2.26. The van der Waals surface area contributed by atoms with Gasteiger partial charge in [-0.25, -0.2) is 0 Å². The van der Waals surface area contributed by atoms with E-state index in [0.29, 0.717) is 25.0 Å². The molecule has 0 spiro atoms. The largest absolute Gasteiger partial charge is 0.416 e. The van der Waals surface area contributed by atoms with Crippen molar-refractivity contribution in [2.24, 2.45) is 5.73 Å². The second-order valence-corrected chi connectivity index (χ2v) is 4.87. The Labute approximate surface area is 104 Å². The molecule has 0 amide bonds. The lowest BCUT2D eigenvalue weighted by Crippen LogP contribution is -2.48. The van der Waals surface area contributed by atoms with Crippen LogP contribution in [0.5, 0.6) is 0 Å². The summed E-state index contributed by atoms with van der Waals surface area (Å²) in [5.41, 5.74) is 5.59. The van der Waals surface area contributed by atoms with E-state index in [-0.39, 0.29) is 6.10 Å². The summed E-state index contributed by atoms with van der Waals surface area (Å²) in [6.45, 7) is 2.43. The van der Waals surface area contributed by atoms with Gasteiger partial charge in [-0.3, -0.25) is 0 Å². The first kappa shape index (κ1) is 13.4. The Balaban J connectivity index is 2.20. The van der Waals surface area contributed by atoms with Crippen molar-refractivity contribution in [3.8, 4) is 0 Å². The normalized spacial score (nSPS) is 28.6. The van der Waals surface area contributed by atoms with E-state index in [4.69, 9.17) is 10.5 Å². The monoisotopic (exact) mass is 259 g/mol. The highest BCUT2D eigenvalue weighted by atomic mass is 19.4. The zero-order valence-corrected chi connectivity index (χ0v) is 10.1. The Morgan fingerprint density at radius 2 is 2.17 bits per heavy atom. The first-order chi connectivity index (χ1) is 8.31. The molecule has 1 aromatic carbocycles. The Hall–Kier alpha value is -1.07. The van der Waals surface area contributed by atoms with Crippen LogP contribution < -0.4 is 5.73 Å². The molecule has 2 rings (SSSR count). The molecule has 5 heteroatoms. The summed E-state index contributed by atoms with van der Waals surface area (Å²) < 4.78 is 43.2. The van der Waals surface area contributed by atoms with Crippen LogP contribution in [0.25, 0.3) is 0 Å². The van der Waals surface area contributed by atoms with Crippen molar-refractivity contribution in [1.29, 1.82) is 0 Å². The molecule has 100 valence electrons. The molecular formula is C13H16F3NO. The van der Waals surface area contributed by atoms with Gasteiger partial charge in [-0.1, -0.05) is 18.2 Å². The van der Waals surface area contributed by atoms with Gasteiger partial charge in [-0.05, 0) is 31.4 Å². The SMILES string of the molecule is CC1OCCC1(N)Cc1cccc(C(F)(F)F)c1. The van der Waals surface area contributed by atoms with Gasteiger partial charge in [-0.2, -0.15) is 13.2 Å². The summed E-state index contributed by atoms with van der Waals surface area (Å²) in [4.78, 5) is 0. The van der Waals surface area contributed by atoms with Crippen molar-refractivity contribution < 1.29 is 17.9 Å². The van der Waals surface area contributed by atoms with Gasteiger partial charge in [0.05, 0.1) is 11.7 Å². The minimum Gasteiger partial charge on any atom is -0.377 e. The summed E-state index contributed by atoms with van der Waals surface area (Å²) in [5, 5.41) is 0. The van der Waals surface area contributed by atoms with Crippen molar-refractivity contribution >= 4 is 0 Å². The number of alkyl halides is 3. The van der Waals surface area contributed by atoms with E-state index in [0.717, 1.165) is 6.07 Å². The highest BCUT2D eigenvalue weighted by molar-refractivity contribution is 5.27. The summed E-state index contributed by atoms with van der Waals surface area (Å²) >= 11 is 0. The highest BCUT2D eigenvalue weighted by Crippen LogP contribution is 2.32. The molecule has 1 heterocycles. The van der Waals surface area contributed by atoms with E-state index in [2.05, 4.69) is 0 Å². The van der Waals surface area contributed by atoms with E-state index >= 15 is 0 Å². The maximum atomic E-state index is 12.6. The summed E-state index contributed by atoms with van der Waals surface area (Å²) in [6, 6.07) is 5.33. The van der Waals surface area contributed by atoms with Crippen LogP contribution in [0.15, 0.2) is 24.3 Å². The molecule has 0 saturated carbocycles. The summed E-state index contributed by atoms with van der Waals surface area (Å²) in [5.74, 6) is 0. The average Bonchev–Trinajstić information content (AvgIpc) is 2.58. The van der Waals surface area contributed by atoms with Crippen LogP contribution >= 0.6 is 0 Å². The van der Waals surface area contributed by atoms with Crippen molar-refractivity contribution in [2.45, 2.75) is 37.6 Å². The second kappa shape index (κ2) is 4.55. The molecular weight excluding hydrogens is 243 g/mol. The van der Waals surface area contributed by atoms with Crippen LogP contribution in [-0.2, 0) is 17.3 Å². The Morgan fingerprint density at radius 3 is 2.72 bits per heavy atom. The summed E-state index contributed by atoms with van der Waals surface area (Å²) in [6.07, 6.45) is -3.37. The van der Waals surface area contributed by atoms with Crippen LogP contribution in [0.4, 0.5) is 13.2 Å². The second-order valence-electron chi connectivity index (χ2n) is 4.87. The molecule has 2 atom stereocenters. The van der Waals surface area contributed by atoms with Gasteiger partial charge in [0.2, 0.25) is 0 Å². The minimum atomic E-state index is -4.31. The molecule has 2 unspecified atom stereocenters. The summed E-state index contributed by atoms with van der Waals surface area (Å²) in [7, 11) is 0. The van der Waals surface area contributed by atoms with Gasteiger partial charge in [0, 0.05) is 12.1 Å². The van der Waals surface area contributed by atoms with Crippen molar-refractivity contribution in [3.05, 3.63) is 35.4 Å². The Bertz CT molecular complexity index is 432. The molecule has 2 N–H and O–H groups in total. The van der Waals surface area contributed by atoms with Crippen LogP contribution in [-0.4, -0.2) is 18.2 Å². The van der Waals surface area contributed by atoms with Crippen molar-refractivity contribution in [3.63, 3.8) is 0 Å². The van der Waals surface area contributed by atoms with Crippen molar-refractivity contribution in [2.75, 3.05) is 6.61 Å². The number of hydrogen-bond acceptors (Lipinski definition) is 2. The van der Waals surface area contributed by atoms with Gasteiger partial charge in [-0.15, -0.1) is 0 Å². The van der Waals surface area contributed by atoms with Gasteiger partial charge < -0.3 is 10.5 Å². The lowest BCUT2D eigenvalue weighted by atomic mass is 9.86. The smallest absolute Gasteiger partial charge is 0.377 e. The van der Waals surface area contributed by atoms with Crippen LogP contribution in [0, 0.1) is 0 Å². The average molecular weight is 259 g/mol. The number of rotatable bonds is 2. The highest BCUT2D eigenvalue weighted by Gasteiger charge is 2.38. The van der Waals surface area contributed by atoms with Gasteiger partial charge in [0.15, 0.2) is 0 Å². The zero-order chi connectivity index (χ0) is 13.4. The molecule has 0 radical (unpaired) electrons. The molecule has 1 aliphatic rings. The molecule has 0 aliphatic carbocycles. The lowest BCUT2D eigenvalue weighted by Gasteiger charge is -2.27.